The van der Waals surface area contributed by atoms with Crippen LogP contribution in [0.3, 0.4) is 0 Å². The van der Waals surface area contributed by atoms with Gasteiger partial charge in [0.05, 0.1) is 0 Å². The second-order valence-corrected chi connectivity index (χ2v) is 4.83. The first-order chi connectivity index (χ1) is 9.06. The van der Waals surface area contributed by atoms with E-state index < -0.39 is 0 Å². The predicted molar refractivity (Wildman–Crippen MR) is 74.8 cm³/mol. The summed E-state index contributed by atoms with van der Waals surface area (Å²) in [5, 5.41) is 0.652. The minimum atomic E-state index is -0.349. The van der Waals surface area contributed by atoms with Crippen molar-refractivity contribution in [2.24, 2.45) is 5.73 Å². The van der Waals surface area contributed by atoms with Crippen molar-refractivity contribution >= 4 is 11.6 Å². The van der Waals surface area contributed by atoms with Gasteiger partial charge in [-0.15, -0.1) is 0 Å². The molecule has 0 saturated carbocycles. The van der Waals surface area contributed by atoms with Crippen molar-refractivity contribution in [2.75, 3.05) is 0 Å². The lowest BCUT2D eigenvalue weighted by atomic mass is 10.1. The molecule has 0 aromatic heterocycles. The maximum atomic E-state index is 13.7. The zero-order chi connectivity index (χ0) is 13.8. The van der Waals surface area contributed by atoms with Gasteiger partial charge in [0.25, 0.3) is 0 Å². The molecule has 1 atom stereocenters. The zero-order valence-electron chi connectivity index (χ0n) is 10.6. The van der Waals surface area contributed by atoms with Crippen LogP contribution >= 0.6 is 11.6 Å². The molecule has 0 amide bonds. The highest BCUT2D eigenvalue weighted by molar-refractivity contribution is 6.30. The minimum absolute atomic E-state index is 0.332. The smallest absolute Gasteiger partial charge is 0.131 e. The second kappa shape index (κ2) is 6.04. The molecule has 2 aromatic rings. The lowest BCUT2D eigenvalue weighted by Gasteiger charge is -2.10. The van der Waals surface area contributed by atoms with Crippen LogP contribution < -0.4 is 10.5 Å². The Balaban J connectivity index is 2.06. The summed E-state index contributed by atoms with van der Waals surface area (Å²) in [5.41, 5.74) is 7.07. The average Bonchev–Trinajstić information content (AvgIpc) is 2.36. The van der Waals surface area contributed by atoms with Crippen molar-refractivity contribution in [2.45, 2.75) is 19.6 Å². The van der Waals surface area contributed by atoms with Crippen LogP contribution in [0.15, 0.2) is 42.5 Å². The third-order valence-corrected chi connectivity index (χ3v) is 2.99. The highest BCUT2D eigenvalue weighted by atomic mass is 35.5. The normalized spacial score (nSPS) is 12.2. The lowest BCUT2D eigenvalue weighted by molar-refractivity contribution is 0.304. The van der Waals surface area contributed by atoms with Gasteiger partial charge in [0.15, 0.2) is 0 Å². The lowest BCUT2D eigenvalue weighted by Crippen LogP contribution is -2.07. The Morgan fingerprint density at radius 2 is 2.05 bits per heavy atom. The highest BCUT2D eigenvalue weighted by Crippen LogP contribution is 2.21. The Bertz CT molecular complexity index is 572. The van der Waals surface area contributed by atoms with Crippen LogP contribution in [0.25, 0.3) is 0 Å². The van der Waals surface area contributed by atoms with Crippen molar-refractivity contribution in [1.29, 1.82) is 0 Å². The fourth-order valence-electron chi connectivity index (χ4n) is 1.76. The largest absolute Gasteiger partial charge is 0.489 e. The maximum Gasteiger partial charge on any atom is 0.131 e. The van der Waals surface area contributed by atoms with E-state index in [-0.39, 0.29) is 11.9 Å². The second-order valence-electron chi connectivity index (χ2n) is 4.39. The van der Waals surface area contributed by atoms with E-state index in [1.54, 1.807) is 25.1 Å². The molecule has 100 valence electrons. The molecule has 0 heterocycles. The molecular formula is C15H15ClFNO. The third-order valence-electron chi connectivity index (χ3n) is 2.76. The van der Waals surface area contributed by atoms with Gasteiger partial charge in [-0.2, -0.15) is 0 Å². The van der Waals surface area contributed by atoms with E-state index in [9.17, 15) is 4.39 Å². The molecule has 0 aliphatic heterocycles. The van der Waals surface area contributed by atoms with Crippen LogP contribution in [0, 0.1) is 5.82 Å². The van der Waals surface area contributed by atoms with Crippen molar-refractivity contribution in [1.82, 2.24) is 0 Å². The Kier molecular flexibility index (Phi) is 4.40. The van der Waals surface area contributed by atoms with E-state index >= 15 is 0 Å². The SMILES string of the molecule is CC(N)c1ccc(OCc2cccc(Cl)c2)cc1F. The molecule has 0 fully saturated rings. The first-order valence-electron chi connectivity index (χ1n) is 5.98. The fourth-order valence-corrected chi connectivity index (χ4v) is 1.97. The fraction of sp³-hybridized carbons (Fsp3) is 0.200. The van der Waals surface area contributed by atoms with Gasteiger partial charge in [0.2, 0.25) is 0 Å². The van der Waals surface area contributed by atoms with Crippen LogP contribution in [-0.4, -0.2) is 0 Å². The summed E-state index contributed by atoms with van der Waals surface area (Å²) in [4.78, 5) is 0. The monoisotopic (exact) mass is 279 g/mol. The van der Waals surface area contributed by atoms with Gasteiger partial charge in [0.1, 0.15) is 18.2 Å². The molecule has 2 aromatic carbocycles. The Hall–Kier alpha value is -1.58. The molecule has 1 unspecified atom stereocenters. The first kappa shape index (κ1) is 13.8. The average molecular weight is 280 g/mol. The van der Waals surface area contributed by atoms with E-state index in [0.29, 0.717) is 22.9 Å². The Morgan fingerprint density at radius 1 is 1.26 bits per heavy atom. The highest BCUT2D eigenvalue weighted by Gasteiger charge is 2.08. The number of rotatable bonds is 4. The summed E-state index contributed by atoms with van der Waals surface area (Å²) in [6.45, 7) is 2.09. The van der Waals surface area contributed by atoms with Crippen molar-refractivity contribution < 1.29 is 9.13 Å². The number of ether oxygens (including phenoxy) is 1. The summed E-state index contributed by atoms with van der Waals surface area (Å²) in [6.07, 6.45) is 0. The molecule has 4 heteroatoms. The number of hydrogen-bond acceptors (Lipinski definition) is 2. The van der Waals surface area contributed by atoms with Gasteiger partial charge in [0, 0.05) is 22.7 Å². The van der Waals surface area contributed by atoms with Crippen molar-refractivity contribution in [3.8, 4) is 5.75 Å². The summed E-state index contributed by atoms with van der Waals surface area (Å²) in [7, 11) is 0. The number of nitrogens with two attached hydrogens (primary N) is 1. The van der Waals surface area contributed by atoms with E-state index in [2.05, 4.69) is 0 Å². The third kappa shape index (κ3) is 3.69. The molecule has 0 aliphatic carbocycles. The van der Waals surface area contributed by atoms with Crippen LogP contribution in [0.4, 0.5) is 4.39 Å². The predicted octanol–water partition coefficient (Wildman–Crippen LogP) is 4.08. The molecule has 0 spiro atoms. The maximum absolute atomic E-state index is 13.7. The number of halogens is 2. The zero-order valence-corrected chi connectivity index (χ0v) is 11.3. The standard InChI is InChI=1S/C15H15ClFNO/c1-10(18)14-6-5-13(8-15(14)17)19-9-11-3-2-4-12(16)7-11/h2-8,10H,9,18H2,1H3. The number of benzene rings is 2. The topological polar surface area (TPSA) is 35.2 Å². The first-order valence-corrected chi connectivity index (χ1v) is 6.36. The van der Waals surface area contributed by atoms with Gasteiger partial charge >= 0.3 is 0 Å². The van der Waals surface area contributed by atoms with Gasteiger partial charge in [-0.3, -0.25) is 0 Å². The van der Waals surface area contributed by atoms with E-state index in [1.807, 2.05) is 18.2 Å². The summed E-state index contributed by atoms with van der Waals surface area (Å²) in [5.74, 6) is 0.125. The Labute approximate surface area is 117 Å². The van der Waals surface area contributed by atoms with E-state index in [4.69, 9.17) is 22.1 Å². The summed E-state index contributed by atoms with van der Waals surface area (Å²) < 4.78 is 19.2. The van der Waals surface area contributed by atoms with Gasteiger partial charge in [-0.05, 0) is 30.7 Å². The molecule has 0 radical (unpaired) electrons. The van der Waals surface area contributed by atoms with Crippen LogP contribution in [0.1, 0.15) is 24.1 Å². The molecule has 0 saturated heterocycles. The minimum Gasteiger partial charge on any atom is -0.489 e. The quantitative estimate of drug-likeness (QED) is 0.915. The van der Waals surface area contributed by atoms with Gasteiger partial charge in [-0.1, -0.05) is 29.8 Å². The molecule has 2 rings (SSSR count). The Morgan fingerprint density at radius 3 is 2.68 bits per heavy atom. The molecule has 2 nitrogen and oxygen atoms in total. The molecular weight excluding hydrogens is 265 g/mol. The van der Waals surface area contributed by atoms with E-state index in [1.165, 1.54) is 6.07 Å². The molecule has 19 heavy (non-hydrogen) atoms. The van der Waals surface area contributed by atoms with Crippen molar-refractivity contribution in [3.63, 3.8) is 0 Å². The van der Waals surface area contributed by atoms with Crippen LogP contribution in [0.2, 0.25) is 5.02 Å². The molecule has 2 N–H and O–H groups in total. The van der Waals surface area contributed by atoms with Crippen molar-refractivity contribution in [3.05, 3.63) is 64.4 Å². The molecule has 0 aliphatic rings. The van der Waals surface area contributed by atoms with Gasteiger partial charge in [-0.25, -0.2) is 4.39 Å². The number of hydrogen-bond donors (Lipinski definition) is 1. The molecule has 0 bridgehead atoms. The van der Waals surface area contributed by atoms with E-state index in [0.717, 1.165) is 5.56 Å². The van der Waals surface area contributed by atoms with Gasteiger partial charge < -0.3 is 10.5 Å². The van der Waals surface area contributed by atoms with Crippen LogP contribution in [0.5, 0.6) is 5.75 Å². The summed E-state index contributed by atoms with van der Waals surface area (Å²) >= 11 is 5.88. The van der Waals surface area contributed by atoms with Crippen LogP contribution in [-0.2, 0) is 6.61 Å². The summed E-state index contributed by atoms with van der Waals surface area (Å²) in [6, 6.07) is 11.7.